The molecule has 0 aliphatic heterocycles. The van der Waals surface area contributed by atoms with Crippen molar-refractivity contribution in [2.45, 2.75) is 25.0 Å². The Kier molecular flexibility index (Phi) is 9.61. The average Bonchev–Trinajstić information content (AvgIpc) is 3.16. The Hall–Kier alpha value is -2.61. The molecule has 0 radical (unpaired) electrons. The third-order valence-electron chi connectivity index (χ3n) is 2.83. The van der Waals surface area contributed by atoms with Gasteiger partial charge in [0.05, 0.1) is 19.4 Å². The molecule has 3 N–H and O–H groups in total. The zero-order valence-corrected chi connectivity index (χ0v) is 17.8. The molecule has 13 heteroatoms. The number of urea groups is 1. The largest absolute Gasteiger partial charge is 0.479 e. The molecule has 0 aliphatic carbocycles. The summed E-state index contributed by atoms with van der Waals surface area (Å²) in [5, 5.41) is 3.65. The van der Waals surface area contributed by atoms with E-state index in [0.717, 1.165) is 11.3 Å². The molecule has 0 saturated carbocycles. The molecule has 3 amide bonds. The lowest BCUT2D eigenvalue weighted by molar-refractivity contribution is 0.0434. The predicted molar refractivity (Wildman–Crippen MR) is 104 cm³/mol. The van der Waals surface area contributed by atoms with E-state index in [1.807, 2.05) is 13.8 Å². The van der Waals surface area contributed by atoms with Crippen LogP contribution in [0.2, 0.25) is 0 Å². The molecule has 2 aromatic rings. The van der Waals surface area contributed by atoms with Crippen LogP contribution in [0.1, 0.15) is 30.0 Å². The van der Waals surface area contributed by atoms with Crippen LogP contribution in [0.15, 0.2) is 27.9 Å². The smallest absolute Gasteiger partial charge is 0.345 e. The molecule has 0 fully saturated rings. The lowest BCUT2D eigenvalue weighted by atomic mass is 10.2. The van der Waals surface area contributed by atoms with Gasteiger partial charge in [-0.3, -0.25) is 19.5 Å². The van der Waals surface area contributed by atoms with Gasteiger partial charge in [0.1, 0.15) is 4.21 Å². The molecule has 0 saturated heterocycles. The van der Waals surface area contributed by atoms with E-state index in [1.54, 1.807) is 18.4 Å². The van der Waals surface area contributed by atoms with E-state index in [2.05, 4.69) is 20.8 Å². The number of rotatable bonds is 6. The van der Waals surface area contributed by atoms with Crippen molar-refractivity contribution in [3.8, 4) is 5.88 Å². The minimum Gasteiger partial charge on any atom is -0.479 e. The third kappa shape index (κ3) is 8.95. The molecule has 0 unspecified atom stereocenters. The summed E-state index contributed by atoms with van der Waals surface area (Å²) in [6.07, 6.45) is 1.41. The topological polar surface area (TPSA) is 157 Å². The number of hydrogen-bond donors (Lipinski definition) is 3. The van der Waals surface area contributed by atoms with Crippen molar-refractivity contribution in [2.24, 2.45) is 5.92 Å². The van der Waals surface area contributed by atoms with Crippen LogP contribution in [-0.2, 0) is 15.0 Å². The summed E-state index contributed by atoms with van der Waals surface area (Å²) in [7, 11) is -2.57. The number of hydroxylamine groups is 1. The highest BCUT2D eigenvalue weighted by Gasteiger charge is 2.18. The van der Waals surface area contributed by atoms with Crippen LogP contribution in [-0.4, -0.2) is 48.6 Å². The summed E-state index contributed by atoms with van der Waals surface area (Å²) in [6, 6.07) is 2.13. The van der Waals surface area contributed by atoms with Crippen molar-refractivity contribution >= 4 is 33.4 Å². The molecule has 0 aromatic carbocycles. The van der Waals surface area contributed by atoms with Crippen molar-refractivity contribution in [3.05, 3.63) is 35.1 Å². The van der Waals surface area contributed by atoms with Crippen LogP contribution >= 0.6 is 11.3 Å². The highest BCUT2D eigenvalue weighted by molar-refractivity contribution is 7.88. The zero-order chi connectivity index (χ0) is 22.0. The number of nitrogens with one attached hydrogen (secondary N) is 2. The fourth-order valence-electron chi connectivity index (χ4n) is 1.63. The number of aryl methyl sites for hydroxylation is 1. The van der Waals surface area contributed by atoms with E-state index < -0.39 is 22.1 Å². The van der Waals surface area contributed by atoms with Crippen molar-refractivity contribution in [1.82, 2.24) is 20.8 Å². The molecule has 29 heavy (non-hydrogen) atoms. The van der Waals surface area contributed by atoms with Gasteiger partial charge >= 0.3 is 16.1 Å². The SMILES string of the molecule is COc1nc(C)cnc1C(=O)NC(=O)NOCC(C)C.O=S(=O)(O)c1cccs1. The number of nitrogens with zero attached hydrogens (tertiary/aromatic N) is 2. The van der Waals surface area contributed by atoms with Crippen LogP contribution in [0.25, 0.3) is 0 Å². The number of amides is 3. The van der Waals surface area contributed by atoms with E-state index in [9.17, 15) is 18.0 Å². The first-order chi connectivity index (χ1) is 13.5. The zero-order valence-electron chi connectivity index (χ0n) is 16.2. The highest BCUT2D eigenvalue weighted by atomic mass is 32.3. The molecule has 2 rings (SSSR count). The van der Waals surface area contributed by atoms with Crippen LogP contribution in [0.3, 0.4) is 0 Å². The molecule has 11 nitrogen and oxygen atoms in total. The number of carbonyl (C=O) groups is 2. The second-order valence-electron chi connectivity index (χ2n) is 5.87. The molecule has 160 valence electrons. The Bertz CT molecular complexity index is 915. The number of aromatic nitrogens is 2. The summed E-state index contributed by atoms with van der Waals surface area (Å²) >= 11 is 0.992. The van der Waals surface area contributed by atoms with Gasteiger partial charge in [-0.2, -0.15) is 8.42 Å². The van der Waals surface area contributed by atoms with Crippen LogP contribution < -0.4 is 15.5 Å². The van der Waals surface area contributed by atoms with Crippen LogP contribution in [0, 0.1) is 12.8 Å². The number of ether oxygens (including phenoxy) is 1. The van der Waals surface area contributed by atoms with Gasteiger partial charge in [-0.15, -0.1) is 11.3 Å². The van der Waals surface area contributed by atoms with Gasteiger partial charge in [-0.25, -0.2) is 20.2 Å². The minimum atomic E-state index is -3.94. The molecule has 0 aliphatic rings. The molecular formula is C16H22N4O7S2. The minimum absolute atomic E-state index is 0.0116. The van der Waals surface area contributed by atoms with Gasteiger partial charge in [0, 0.05) is 6.20 Å². The molecular weight excluding hydrogens is 424 g/mol. The first kappa shape index (κ1) is 24.4. The Morgan fingerprint density at radius 1 is 1.34 bits per heavy atom. The maximum Gasteiger partial charge on any atom is 0.345 e. The second-order valence-corrected chi connectivity index (χ2v) is 8.46. The summed E-state index contributed by atoms with van der Waals surface area (Å²) in [5.74, 6) is -0.410. The number of methoxy groups -OCH3 is 1. The standard InChI is InChI=1S/C12H18N4O4.C4H4O3S2/c1-7(2)6-20-16-12(18)15-10(17)9-11(19-4)14-8(3)5-13-9;5-9(6,7)4-2-1-3-8-4/h5,7H,6H2,1-4H3,(H2,15,16,17,18);1-3H,(H,5,6,7). The average molecular weight is 447 g/mol. The van der Waals surface area contributed by atoms with Gasteiger partial charge in [-0.1, -0.05) is 19.9 Å². The summed E-state index contributed by atoms with van der Waals surface area (Å²) < 4.78 is 33.8. The molecule has 2 heterocycles. The Balaban J connectivity index is 0.000000387. The lowest BCUT2D eigenvalue weighted by Crippen LogP contribution is -2.40. The van der Waals surface area contributed by atoms with Crippen molar-refractivity contribution in [3.63, 3.8) is 0 Å². The Labute approximate surface area is 172 Å². The van der Waals surface area contributed by atoms with Crippen molar-refractivity contribution in [1.29, 1.82) is 0 Å². The molecule has 2 aromatic heterocycles. The second kappa shape index (κ2) is 11.4. The first-order valence-electron chi connectivity index (χ1n) is 8.16. The number of imide groups is 1. The number of hydrogen-bond acceptors (Lipinski definition) is 9. The number of carbonyl (C=O) groups excluding carboxylic acids is 2. The monoisotopic (exact) mass is 446 g/mol. The number of thiophene rings is 1. The van der Waals surface area contributed by atoms with E-state index in [4.69, 9.17) is 14.1 Å². The van der Waals surface area contributed by atoms with Gasteiger partial charge < -0.3 is 4.74 Å². The van der Waals surface area contributed by atoms with Gasteiger partial charge in [0.25, 0.3) is 5.91 Å². The molecule has 0 bridgehead atoms. The van der Waals surface area contributed by atoms with Crippen LogP contribution in [0.5, 0.6) is 5.88 Å². The summed E-state index contributed by atoms with van der Waals surface area (Å²) in [6.45, 7) is 5.91. The lowest BCUT2D eigenvalue weighted by Gasteiger charge is -2.09. The van der Waals surface area contributed by atoms with Gasteiger partial charge in [-0.05, 0) is 24.3 Å². The van der Waals surface area contributed by atoms with E-state index >= 15 is 0 Å². The molecule has 0 atom stereocenters. The van der Waals surface area contributed by atoms with E-state index in [0.29, 0.717) is 12.3 Å². The summed E-state index contributed by atoms with van der Waals surface area (Å²) in [5.41, 5.74) is 2.63. The maximum absolute atomic E-state index is 11.8. The normalized spacial score (nSPS) is 10.7. The van der Waals surface area contributed by atoms with Crippen molar-refractivity contribution in [2.75, 3.05) is 13.7 Å². The Morgan fingerprint density at radius 2 is 2.03 bits per heavy atom. The summed E-state index contributed by atoms with van der Waals surface area (Å²) in [4.78, 5) is 36.0. The highest BCUT2D eigenvalue weighted by Crippen LogP contribution is 2.14. The fraction of sp³-hybridized carbons (Fsp3) is 0.375. The van der Waals surface area contributed by atoms with E-state index in [-0.39, 0.29) is 21.7 Å². The first-order valence-corrected chi connectivity index (χ1v) is 10.5. The predicted octanol–water partition coefficient (Wildman–Crippen LogP) is 1.82. The molecule has 0 spiro atoms. The third-order valence-corrected chi connectivity index (χ3v) is 5.05. The van der Waals surface area contributed by atoms with Gasteiger partial charge in [0.15, 0.2) is 5.69 Å². The maximum atomic E-state index is 11.8. The Morgan fingerprint density at radius 3 is 2.52 bits per heavy atom. The van der Waals surface area contributed by atoms with E-state index in [1.165, 1.54) is 19.4 Å². The fourth-order valence-corrected chi connectivity index (χ4v) is 2.98. The quantitative estimate of drug-likeness (QED) is 0.444. The van der Waals surface area contributed by atoms with Crippen molar-refractivity contribution < 1.29 is 32.1 Å². The van der Waals surface area contributed by atoms with Crippen LogP contribution in [0.4, 0.5) is 4.79 Å². The van der Waals surface area contributed by atoms with Gasteiger partial charge in [0.2, 0.25) is 5.88 Å².